The van der Waals surface area contributed by atoms with Gasteiger partial charge in [0.25, 0.3) is 0 Å². The molecule has 7 nitrogen and oxygen atoms in total. The van der Waals surface area contributed by atoms with E-state index in [1.165, 1.54) is 14.0 Å². The summed E-state index contributed by atoms with van der Waals surface area (Å²) >= 11 is 0. The number of nitrogens with zero attached hydrogens (tertiary/aromatic N) is 2. The minimum atomic E-state index is -0.433. The van der Waals surface area contributed by atoms with E-state index in [-0.39, 0.29) is 36.7 Å². The van der Waals surface area contributed by atoms with Crippen molar-refractivity contribution in [3.05, 3.63) is 0 Å². The normalized spacial score (nSPS) is 17.4. The molecule has 1 rings (SSSR count). The number of nitrogens with one attached hydrogen (secondary N) is 1. The van der Waals surface area contributed by atoms with E-state index in [0.29, 0.717) is 26.2 Å². The van der Waals surface area contributed by atoms with Gasteiger partial charge in [0, 0.05) is 33.3 Å². The Morgan fingerprint density at radius 2 is 1.73 bits per heavy atom. The standard InChI is InChI=1S/C15H27N3O4/c1-11(2)15(12(3)19)16-13(20)9-17-5-7-18(8-6-17)14(21)10-22-4/h11,15H,5-10H2,1-4H3,(H,16,20). The SMILES string of the molecule is COCC(=O)N1CCN(CC(=O)NC(C(C)=O)C(C)C)CC1. The Morgan fingerprint density at radius 3 is 2.18 bits per heavy atom. The highest BCUT2D eigenvalue weighted by atomic mass is 16.5. The lowest BCUT2D eigenvalue weighted by Crippen LogP contribution is -2.53. The summed E-state index contributed by atoms with van der Waals surface area (Å²) in [6.45, 7) is 8.14. The number of piperazine rings is 1. The lowest BCUT2D eigenvalue weighted by atomic mass is 10.0. The molecular formula is C15H27N3O4. The third-order valence-electron chi connectivity index (χ3n) is 3.78. The molecule has 1 aliphatic rings. The molecule has 0 spiro atoms. The van der Waals surface area contributed by atoms with E-state index >= 15 is 0 Å². The number of rotatable bonds is 7. The van der Waals surface area contributed by atoms with E-state index < -0.39 is 6.04 Å². The molecule has 0 aromatic rings. The van der Waals surface area contributed by atoms with Crippen LogP contribution in [0.5, 0.6) is 0 Å². The van der Waals surface area contributed by atoms with Crippen LogP contribution < -0.4 is 5.32 Å². The molecule has 0 aromatic carbocycles. The third-order valence-corrected chi connectivity index (χ3v) is 3.78. The number of Topliss-reactive ketones (excluding diaryl/α,β-unsaturated/α-hetero) is 1. The largest absolute Gasteiger partial charge is 0.375 e. The van der Waals surface area contributed by atoms with Crippen molar-refractivity contribution in [1.29, 1.82) is 0 Å². The topological polar surface area (TPSA) is 79.0 Å². The van der Waals surface area contributed by atoms with Gasteiger partial charge in [0.1, 0.15) is 6.61 Å². The quantitative estimate of drug-likeness (QED) is 0.686. The van der Waals surface area contributed by atoms with Crippen LogP contribution in [0, 0.1) is 5.92 Å². The molecule has 0 bridgehead atoms. The van der Waals surface area contributed by atoms with Crippen LogP contribution in [0.4, 0.5) is 0 Å². The molecule has 0 radical (unpaired) electrons. The van der Waals surface area contributed by atoms with Crippen LogP contribution in [0.15, 0.2) is 0 Å². The van der Waals surface area contributed by atoms with Crippen molar-refractivity contribution in [2.75, 3.05) is 46.4 Å². The summed E-state index contributed by atoms with van der Waals surface area (Å²) in [4.78, 5) is 39.0. The number of hydrogen-bond acceptors (Lipinski definition) is 5. The van der Waals surface area contributed by atoms with Crippen molar-refractivity contribution in [3.63, 3.8) is 0 Å². The number of amides is 2. The molecular weight excluding hydrogens is 286 g/mol. The predicted octanol–water partition coefficient (Wildman–Crippen LogP) is -0.493. The number of carbonyl (C=O) groups excluding carboxylic acids is 3. The summed E-state index contributed by atoms with van der Waals surface area (Å²) in [5, 5.41) is 2.79. The van der Waals surface area contributed by atoms with Gasteiger partial charge in [-0.1, -0.05) is 13.8 Å². The zero-order valence-corrected chi connectivity index (χ0v) is 13.9. The van der Waals surface area contributed by atoms with Crippen LogP contribution in [0.1, 0.15) is 20.8 Å². The van der Waals surface area contributed by atoms with Crippen molar-refractivity contribution in [3.8, 4) is 0 Å². The molecule has 7 heteroatoms. The lowest BCUT2D eigenvalue weighted by molar-refractivity contribution is -0.137. The Bertz CT molecular complexity index is 404. The van der Waals surface area contributed by atoms with E-state index in [2.05, 4.69) is 5.32 Å². The van der Waals surface area contributed by atoms with E-state index in [1.54, 1.807) is 4.90 Å². The van der Waals surface area contributed by atoms with Gasteiger partial charge in [-0.25, -0.2) is 0 Å². The van der Waals surface area contributed by atoms with E-state index in [0.717, 1.165) is 0 Å². The van der Waals surface area contributed by atoms with Crippen LogP contribution in [0.25, 0.3) is 0 Å². The highest BCUT2D eigenvalue weighted by Gasteiger charge is 2.24. The number of carbonyl (C=O) groups is 3. The second-order valence-electron chi connectivity index (χ2n) is 5.99. The van der Waals surface area contributed by atoms with Crippen LogP contribution in [-0.2, 0) is 19.1 Å². The molecule has 0 aromatic heterocycles. The second-order valence-corrected chi connectivity index (χ2v) is 5.99. The van der Waals surface area contributed by atoms with Gasteiger partial charge in [0.05, 0.1) is 12.6 Å². The summed E-state index contributed by atoms with van der Waals surface area (Å²) in [6, 6.07) is -0.433. The molecule has 0 saturated carbocycles. The zero-order chi connectivity index (χ0) is 16.7. The maximum absolute atomic E-state index is 12.0. The Labute approximate surface area is 132 Å². The first-order chi connectivity index (χ1) is 10.3. The van der Waals surface area contributed by atoms with Crippen LogP contribution in [0.2, 0.25) is 0 Å². The van der Waals surface area contributed by atoms with Gasteiger partial charge >= 0.3 is 0 Å². The minimum Gasteiger partial charge on any atom is -0.375 e. The molecule has 1 aliphatic heterocycles. The minimum absolute atomic E-state index is 0.0250. The molecule has 126 valence electrons. The fraction of sp³-hybridized carbons (Fsp3) is 0.800. The third kappa shape index (κ3) is 5.73. The molecule has 1 fully saturated rings. The Morgan fingerprint density at radius 1 is 1.14 bits per heavy atom. The lowest BCUT2D eigenvalue weighted by Gasteiger charge is -2.34. The van der Waals surface area contributed by atoms with Crippen molar-refractivity contribution < 1.29 is 19.1 Å². The number of hydrogen-bond donors (Lipinski definition) is 1. The monoisotopic (exact) mass is 313 g/mol. The molecule has 1 unspecified atom stereocenters. The van der Waals surface area contributed by atoms with Crippen LogP contribution >= 0.6 is 0 Å². The maximum Gasteiger partial charge on any atom is 0.248 e. The Balaban J connectivity index is 2.38. The zero-order valence-electron chi connectivity index (χ0n) is 13.9. The fourth-order valence-electron chi connectivity index (χ4n) is 2.53. The number of ketones is 1. The van der Waals surface area contributed by atoms with Gasteiger partial charge in [-0.3, -0.25) is 19.3 Å². The molecule has 1 N–H and O–H groups in total. The summed E-state index contributed by atoms with van der Waals surface area (Å²) in [6.07, 6.45) is 0. The van der Waals surface area contributed by atoms with Gasteiger partial charge < -0.3 is 15.0 Å². The summed E-state index contributed by atoms with van der Waals surface area (Å²) in [5.74, 6) is -0.128. The number of methoxy groups -OCH3 is 1. The van der Waals surface area contributed by atoms with E-state index in [1.807, 2.05) is 18.7 Å². The van der Waals surface area contributed by atoms with Gasteiger partial charge in [-0.2, -0.15) is 0 Å². The van der Waals surface area contributed by atoms with E-state index in [9.17, 15) is 14.4 Å². The van der Waals surface area contributed by atoms with Crippen LogP contribution in [0.3, 0.4) is 0 Å². The summed E-state index contributed by atoms with van der Waals surface area (Å²) in [7, 11) is 1.50. The highest BCUT2D eigenvalue weighted by Crippen LogP contribution is 2.05. The molecule has 2 amide bonds. The second kappa shape index (κ2) is 8.85. The smallest absolute Gasteiger partial charge is 0.248 e. The first kappa shape index (κ1) is 18.6. The van der Waals surface area contributed by atoms with Gasteiger partial charge in [-0.05, 0) is 12.8 Å². The highest BCUT2D eigenvalue weighted by molar-refractivity contribution is 5.88. The van der Waals surface area contributed by atoms with Crippen molar-refractivity contribution in [2.24, 2.45) is 5.92 Å². The Hall–Kier alpha value is -1.47. The number of ether oxygens (including phenoxy) is 1. The van der Waals surface area contributed by atoms with Crippen molar-refractivity contribution in [2.45, 2.75) is 26.8 Å². The van der Waals surface area contributed by atoms with Gasteiger partial charge in [0.2, 0.25) is 11.8 Å². The molecule has 1 heterocycles. The van der Waals surface area contributed by atoms with Crippen molar-refractivity contribution in [1.82, 2.24) is 15.1 Å². The average molecular weight is 313 g/mol. The Kier molecular flexibility index (Phi) is 7.47. The predicted molar refractivity (Wildman–Crippen MR) is 82.3 cm³/mol. The first-order valence-corrected chi connectivity index (χ1v) is 7.64. The van der Waals surface area contributed by atoms with Crippen LogP contribution in [-0.4, -0.2) is 79.9 Å². The average Bonchev–Trinajstić information content (AvgIpc) is 2.45. The van der Waals surface area contributed by atoms with Gasteiger partial charge in [0.15, 0.2) is 5.78 Å². The molecule has 1 saturated heterocycles. The maximum atomic E-state index is 12.0. The van der Waals surface area contributed by atoms with Gasteiger partial charge in [-0.15, -0.1) is 0 Å². The summed E-state index contributed by atoms with van der Waals surface area (Å²) in [5.41, 5.74) is 0. The van der Waals surface area contributed by atoms with E-state index in [4.69, 9.17) is 4.74 Å². The fourth-order valence-corrected chi connectivity index (χ4v) is 2.53. The summed E-state index contributed by atoms with van der Waals surface area (Å²) < 4.78 is 4.84. The molecule has 22 heavy (non-hydrogen) atoms. The molecule has 0 aliphatic carbocycles. The first-order valence-electron chi connectivity index (χ1n) is 7.64. The molecule has 1 atom stereocenters. The van der Waals surface area contributed by atoms with Crippen molar-refractivity contribution >= 4 is 17.6 Å².